The SMILES string of the molecule is CCCCOc1ccc(OCC2CCC(c3ccc(-c4ccc(OCCC)cc4)c(F)c3F)CC2)cc1F. The van der Waals surface area contributed by atoms with E-state index in [9.17, 15) is 4.39 Å². The van der Waals surface area contributed by atoms with Gasteiger partial charge in [0, 0.05) is 11.6 Å². The predicted molar refractivity (Wildman–Crippen MR) is 145 cm³/mol. The third-order valence-corrected chi connectivity index (χ3v) is 7.18. The van der Waals surface area contributed by atoms with Gasteiger partial charge in [-0.25, -0.2) is 13.2 Å². The number of unbranched alkanes of at least 4 members (excludes halogenated alkanes) is 1. The maximum atomic E-state index is 15.1. The van der Waals surface area contributed by atoms with E-state index >= 15 is 8.78 Å². The number of rotatable bonds is 12. The third-order valence-electron chi connectivity index (χ3n) is 7.18. The molecule has 0 unspecified atom stereocenters. The van der Waals surface area contributed by atoms with Crippen molar-refractivity contribution in [3.05, 3.63) is 77.6 Å². The highest BCUT2D eigenvalue weighted by Crippen LogP contribution is 2.39. The molecule has 38 heavy (non-hydrogen) atoms. The lowest BCUT2D eigenvalue weighted by Gasteiger charge is -2.29. The molecular weight excluding hydrogens is 489 g/mol. The normalized spacial score (nSPS) is 17.3. The van der Waals surface area contributed by atoms with Crippen molar-refractivity contribution < 1.29 is 27.4 Å². The first-order valence-electron chi connectivity index (χ1n) is 13.8. The van der Waals surface area contributed by atoms with Crippen LogP contribution in [0.5, 0.6) is 17.2 Å². The average Bonchev–Trinajstić information content (AvgIpc) is 2.94. The van der Waals surface area contributed by atoms with E-state index < -0.39 is 17.5 Å². The Hall–Kier alpha value is -3.15. The van der Waals surface area contributed by atoms with Crippen molar-refractivity contribution in [2.75, 3.05) is 19.8 Å². The van der Waals surface area contributed by atoms with Crippen LogP contribution in [0.15, 0.2) is 54.6 Å². The molecule has 3 aromatic carbocycles. The molecule has 0 radical (unpaired) electrons. The summed E-state index contributed by atoms with van der Waals surface area (Å²) in [5, 5.41) is 0. The minimum absolute atomic E-state index is 0.0309. The van der Waals surface area contributed by atoms with Crippen molar-refractivity contribution in [1.29, 1.82) is 0 Å². The van der Waals surface area contributed by atoms with Gasteiger partial charge in [-0.15, -0.1) is 0 Å². The summed E-state index contributed by atoms with van der Waals surface area (Å²) in [5.74, 6) is -0.307. The highest BCUT2D eigenvalue weighted by molar-refractivity contribution is 5.65. The molecule has 204 valence electrons. The number of ether oxygens (including phenoxy) is 3. The van der Waals surface area contributed by atoms with Crippen molar-refractivity contribution in [1.82, 2.24) is 0 Å². The maximum Gasteiger partial charge on any atom is 0.168 e. The molecule has 4 rings (SSSR count). The molecule has 0 aromatic heterocycles. The third kappa shape index (κ3) is 7.03. The number of halogens is 3. The molecule has 0 heterocycles. The second-order valence-corrected chi connectivity index (χ2v) is 10.0. The standard InChI is InChI=1S/C32H37F3O3/c1-3-5-19-37-30-17-14-26(20-29(30)33)38-21-22-6-8-23(9-7-22)27-15-16-28(32(35)31(27)34)24-10-12-25(13-11-24)36-18-4-2/h10-17,20,22-23H,3-9,18-19,21H2,1-2H3. The fraction of sp³-hybridized carbons (Fsp3) is 0.438. The van der Waals surface area contributed by atoms with Gasteiger partial charge in [-0.1, -0.05) is 44.5 Å². The summed E-state index contributed by atoms with van der Waals surface area (Å²) in [4.78, 5) is 0. The fourth-order valence-electron chi connectivity index (χ4n) is 4.92. The molecule has 0 N–H and O–H groups in total. The summed E-state index contributed by atoms with van der Waals surface area (Å²) < 4.78 is 61.4. The second kappa shape index (κ2) is 13.6. The van der Waals surface area contributed by atoms with E-state index in [0.29, 0.717) is 42.4 Å². The Kier molecular flexibility index (Phi) is 9.97. The molecule has 3 nitrogen and oxygen atoms in total. The lowest BCUT2D eigenvalue weighted by molar-refractivity contribution is 0.198. The number of hydrogen-bond acceptors (Lipinski definition) is 3. The Balaban J connectivity index is 1.31. The van der Waals surface area contributed by atoms with Crippen molar-refractivity contribution in [2.45, 2.75) is 64.7 Å². The first kappa shape index (κ1) is 27.9. The first-order chi connectivity index (χ1) is 18.5. The van der Waals surface area contributed by atoms with Crippen LogP contribution in [0.2, 0.25) is 0 Å². The lowest BCUT2D eigenvalue weighted by Crippen LogP contribution is -2.20. The van der Waals surface area contributed by atoms with Crippen LogP contribution in [0.1, 0.15) is 70.3 Å². The van der Waals surface area contributed by atoms with Gasteiger partial charge in [0.15, 0.2) is 23.2 Å². The Morgan fingerprint density at radius 1 is 0.711 bits per heavy atom. The summed E-state index contributed by atoms with van der Waals surface area (Å²) in [7, 11) is 0. The zero-order valence-electron chi connectivity index (χ0n) is 22.3. The van der Waals surface area contributed by atoms with Gasteiger partial charge in [0.2, 0.25) is 0 Å². The van der Waals surface area contributed by atoms with Gasteiger partial charge in [0.05, 0.1) is 19.8 Å². The van der Waals surface area contributed by atoms with Crippen LogP contribution in [-0.4, -0.2) is 19.8 Å². The van der Waals surface area contributed by atoms with E-state index in [1.807, 2.05) is 6.92 Å². The van der Waals surface area contributed by atoms with Crippen LogP contribution in [-0.2, 0) is 0 Å². The van der Waals surface area contributed by atoms with Crippen LogP contribution in [0, 0.1) is 23.4 Å². The first-order valence-corrected chi connectivity index (χ1v) is 13.8. The summed E-state index contributed by atoms with van der Waals surface area (Å²) in [6, 6.07) is 15.2. The lowest BCUT2D eigenvalue weighted by atomic mass is 9.78. The van der Waals surface area contributed by atoms with E-state index in [0.717, 1.165) is 44.9 Å². The van der Waals surface area contributed by atoms with E-state index in [1.165, 1.54) is 6.07 Å². The van der Waals surface area contributed by atoms with Crippen LogP contribution in [0.25, 0.3) is 11.1 Å². The molecule has 0 aliphatic heterocycles. The Labute approximate surface area is 223 Å². The van der Waals surface area contributed by atoms with Gasteiger partial charge in [0.1, 0.15) is 11.5 Å². The molecule has 0 saturated heterocycles. The highest BCUT2D eigenvalue weighted by Gasteiger charge is 2.27. The molecule has 1 fully saturated rings. The molecule has 0 spiro atoms. The Morgan fingerprint density at radius 3 is 2.13 bits per heavy atom. The summed E-state index contributed by atoms with van der Waals surface area (Å²) >= 11 is 0. The predicted octanol–water partition coefficient (Wildman–Crippen LogP) is 9.09. The number of benzene rings is 3. The molecule has 0 amide bonds. The second-order valence-electron chi connectivity index (χ2n) is 10.0. The monoisotopic (exact) mass is 526 g/mol. The van der Waals surface area contributed by atoms with Crippen molar-refractivity contribution in [2.24, 2.45) is 5.92 Å². The molecule has 6 heteroatoms. The highest BCUT2D eigenvalue weighted by atomic mass is 19.2. The largest absolute Gasteiger partial charge is 0.494 e. The topological polar surface area (TPSA) is 27.7 Å². The van der Waals surface area contributed by atoms with Gasteiger partial charge in [-0.2, -0.15) is 0 Å². The fourth-order valence-corrected chi connectivity index (χ4v) is 4.92. The molecule has 0 bridgehead atoms. The Morgan fingerprint density at radius 2 is 1.45 bits per heavy atom. The van der Waals surface area contributed by atoms with E-state index in [2.05, 4.69) is 6.92 Å². The van der Waals surface area contributed by atoms with Gasteiger partial charge in [-0.3, -0.25) is 0 Å². The molecule has 3 aromatic rings. The summed E-state index contributed by atoms with van der Waals surface area (Å²) in [5.41, 5.74) is 1.31. The average molecular weight is 527 g/mol. The zero-order valence-corrected chi connectivity index (χ0v) is 22.3. The molecule has 0 atom stereocenters. The summed E-state index contributed by atoms with van der Waals surface area (Å²) in [6.07, 6.45) is 5.96. The minimum atomic E-state index is -0.806. The van der Waals surface area contributed by atoms with Gasteiger partial charge in [-0.05, 0) is 85.8 Å². The van der Waals surface area contributed by atoms with Gasteiger partial charge < -0.3 is 14.2 Å². The van der Waals surface area contributed by atoms with Crippen LogP contribution >= 0.6 is 0 Å². The molecule has 1 saturated carbocycles. The van der Waals surface area contributed by atoms with Crippen LogP contribution < -0.4 is 14.2 Å². The maximum absolute atomic E-state index is 15.1. The van der Waals surface area contributed by atoms with Crippen molar-refractivity contribution in [3.63, 3.8) is 0 Å². The smallest absolute Gasteiger partial charge is 0.168 e. The quantitative estimate of drug-likeness (QED) is 0.220. The summed E-state index contributed by atoms with van der Waals surface area (Å²) in [6.45, 7) is 5.66. The van der Waals surface area contributed by atoms with Gasteiger partial charge >= 0.3 is 0 Å². The minimum Gasteiger partial charge on any atom is -0.494 e. The van der Waals surface area contributed by atoms with E-state index in [1.54, 1.807) is 48.5 Å². The van der Waals surface area contributed by atoms with Gasteiger partial charge in [0.25, 0.3) is 0 Å². The van der Waals surface area contributed by atoms with E-state index in [-0.39, 0.29) is 23.1 Å². The van der Waals surface area contributed by atoms with Crippen molar-refractivity contribution >= 4 is 0 Å². The van der Waals surface area contributed by atoms with Crippen LogP contribution in [0.4, 0.5) is 13.2 Å². The molecule has 1 aliphatic carbocycles. The zero-order chi connectivity index (χ0) is 26.9. The Bertz CT molecular complexity index is 1170. The van der Waals surface area contributed by atoms with Crippen molar-refractivity contribution in [3.8, 4) is 28.4 Å². The van der Waals surface area contributed by atoms with Crippen LogP contribution in [0.3, 0.4) is 0 Å². The molecule has 1 aliphatic rings. The van der Waals surface area contributed by atoms with E-state index in [4.69, 9.17) is 14.2 Å². The molecular formula is C32H37F3O3. The number of hydrogen-bond donors (Lipinski definition) is 0.